The lowest BCUT2D eigenvalue weighted by Gasteiger charge is -2.41. The second-order valence-electron chi connectivity index (χ2n) is 27.7. The summed E-state index contributed by atoms with van der Waals surface area (Å²) in [5, 5.41) is 12.0. The molecule has 1 saturated heterocycles. The number of carbonyl (C=O) groups excluding carboxylic acids is 4. The van der Waals surface area contributed by atoms with Crippen molar-refractivity contribution in [2.75, 3.05) is 62.2 Å². The number of imidazole rings is 4. The highest BCUT2D eigenvalue weighted by Crippen LogP contribution is 2.42. The Labute approximate surface area is 637 Å². The Hall–Kier alpha value is -11.2. The fraction of sp³-hybridized carbons (Fsp3) is 0.451. The molecule has 0 aliphatic carbocycles. The minimum Gasteiger partial charge on any atom is -0.493 e. The number of aryl methyl sites for hydroxylation is 1. The summed E-state index contributed by atoms with van der Waals surface area (Å²) in [6.07, 6.45) is 14.2. The Morgan fingerprint density at radius 2 is 1.46 bits per heavy atom. The third-order valence-electron chi connectivity index (χ3n) is 17.5. The van der Waals surface area contributed by atoms with Crippen molar-refractivity contribution in [3.8, 4) is 11.5 Å². The Morgan fingerprint density at radius 3 is 2.05 bits per heavy atom. The van der Waals surface area contributed by atoms with Crippen LogP contribution in [0.2, 0.25) is 0 Å². The highest BCUT2D eigenvalue weighted by Gasteiger charge is 2.45. The Bertz CT molecular complexity index is 5360. The first-order valence-corrected chi connectivity index (χ1v) is 37.9. The van der Waals surface area contributed by atoms with E-state index >= 15 is 0 Å². The topological polar surface area (TPSA) is 388 Å². The number of hydrogen-bond acceptors (Lipinski definition) is 24. The molecule has 38 heteroatoms. The van der Waals surface area contributed by atoms with E-state index in [0.29, 0.717) is 80.3 Å². The first-order valence-electron chi connectivity index (χ1n) is 34.6. The van der Waals surface area contributed by atoms with E-state index in [1.54, 1.807) is 99.3 Å². The number of fused-ring (bicyclic) bond motifs is 4. The Kier molecular flexibility index (Phi) is 27.0. The number of aromatic nitrogens is 16. The lowest BCUT2D eigenvalue weighted by Crippen LogP contribution is -2.53. The van der Waals surface area contributed by atoms with Crippen LogP contribution in [-0.2, 0) is 26.5 Å². The van der Waals surface area contributed by atoms with Crippen LogP contribution in [0.4, 0.5) is 21.7 Å². The van der Waals surface area contributed by atoms with Crippen LogP contribution >= 0.6 is 24.0 Å². The molecule has 580 valence electrons. The van der Waals surface area contributed by atoms with Gasteiger partial charge in [0.15, 0.2) is 43.8 Å². The number of halogens is 1. The molecule has 2 aliphatic heterocycles. The van der Waals surface area contributed by atoms with Crippen molar-refractivity contribution in [2.24, 2.45) is 13.0 Å². The third-order valence-corrected chi connectivity index (χ3v) is 19.9. The number of methoxy groups -OCH3 is 1. The number of imide groups is 1. The number of nitrogens with zero attached hydrogens (tertiary/aromatic N) is 20. The number of H-pyrrole nitrogens is 2. The maximum Gasteiger partial charge on any atom is 0.396 e. The number of rotatable bonds is 18. The quantitative estimate of drug-likeness (QED) is 0.0201. The van der Waals surface area contributed by atoms with Gasteiger partial charge in [0, 0.05) is 70.1 Å². The minimum absolute atomic E-state index is 0.0738. The van der Waals surface area contributed by atoms with Crippen molar-refractivity contribution in [2.45, 2.75) is 155 Å². The molecule has 8 aromatic heterocycles. The molecular formula is C71H89FN22O12S3. The summed E-state index contributed by atoms with van der Waals surface area (Å²) in [5.41, 5.74) is 3.29. The average Bonchev–Trinajstić information content (AvgIpc) is 1.59. The first-order chi connectivity index (χ1) is 51.3. The van der Waals surface area contributed by atoms with Crippen LogP contribution in [0.3, 0.4) is 0 Å². The van der Waals surface area contributed by atoms with Gasteiger partial charge in [0.25, 0.3) is 23.9 Å². The number of hydrogen-bond donors (Lipinski definition) is 2. The van der Waals surface area contributed by atoms with Crippen LogP contribution in [0, 0.1) is 33.1 Å². The lowest BCUT2D eigenvalue weighted by atomic mass is 9.92. The maximum atomic E-state index is 13.8. The molecule has 0 radical (unpaired) electrons. The highest BCUT2D eigenvalue weighted by molar-refractivity contribution is 7.99. The third kappa shape index (κ3) is 19.0. The Balaban J connectivity index is 0.000000181. The number of nitro groups is 1. The van der Waals surface area contributed by atoms with Crippen molar-refractivity contribution in [3.63, 3.8) is 0 Å². The number of likely N-dealkylation sites (tertiary alicyclic amines) is 1. The number of benzene rings is 2. The number of ether oxygens (including phenoxy) is 2. The van der Waals surface area contributed by atoms with Crippen LogP contribution in [0.1, 0.15) is 160 Å². The number of aromatic amines is 2. The van der Waals surface area contributed by atoms with E-state index in [1.165, 1.54) is 37.7 Å². The van der Waals surface area contributed by atoms with Gasteiger partial charge in [-0.1, -0.05) is 31.3 Å². The molecular weight excluding hydrogens is 1470 g/mol. The number of piperidine rings is 1. The fourth-order valence-corrected chi connectivity index (χ4v) is 14.3. The molecule has 1 fully saturated rings. The van der Waals surface area contributed by atoms with E-state index in [0.717, 1.165) is 68.2 Å². The molecule has 0 saturated carbocycles. The number of nitrogens with one attached hydrogen (secondary N) is 2. The standard InChI is InChI=1S/C26H32N2O7S.C18H25N7O.C12H13N7O2S.C8H10N4S.C7H9FN2O2/c1-8-35-22-14-17(12-13-21(22)34-6)20(15-36(7,32)33)27-24(30)18-10-9-11-19(23(18)25(27)31)28(16(2)29)26(3,4)5;1-12(2)25-11-22-16-17(20-10-21-18(16)25)23(5)14-9-24(7-6-13(14)3)15(26)8-19-4;1-7(2)18-6-15-8-9(18)13-4-14-11(8)22-12-10(19(20)21)16-5-17(12)3;1-5(2)12-4-11-6-7(12)9-3-10-8(6)13;1-4(2)10-3-5(8)6(11)9-7(10)12/h9-14,20H,8,15H2,1-7H3;10-14H,6-9H2,1-3,5H3;4-7H,1-3H3;3-5H,1-2H3,(H,9,10,13);3-4H,1-2H3,(H,9,11,12)/t20-;13-,14+;;;/m11.../s1. The van der Waals surface area contributed by atoms with Gasteiger partial charge in [0.2, 0.25) is 18.1 Å². The van der Waals surface area contributed by atoms with Crippen LogP contribution in [0.25, 0.3) is 38.3 Å². The molecule has 12 rings (SSSR count). The predicted octanol–water partition coefficient (Wildman–Crippen LogP) is 10.2. The summed E-state index contributed by atoms with van der Waals surface area (Å²) in [4.78, 5) is 137. The van der Waals surface area contributed by atoms with Crippen LogP contribution in [-0.4, -0.2) is 188 Å². The summed E-state index contributed by atoms with van der Waals surface area (Å²) in [5.74, 6) is -1.30. The zero-order valence-electron chi connectivity index (χ0n) is 63.8. The number of carbonyl (C=O) groups is 4. The maximum absolute atomic E-state index is 13.8. The van der Waals surface area contributed by atoms with Gasteiger partial charge < -0.3 is 62.4 Å². The first kappa shape index (κ1) is 83.4. The van der Waals surface area contributed by atoms with E-state index in [9.17, 15) is 51.7 Å². The smallest absolute Gasteiger partial charge is 0.396 e. The summed E-state index contributed by atoms with van der Waals surface area (Å²) in [6, 6.07) is 9.23. The average molecular weight is 1560 g/mol. The summed E-state index contributed by atoms with van der Waals surface area (Å²) in [7, 11) is 1.55. The molecule has 0 bridgehead atoms. The molecule has 34 nitrogen and oxygen atoms in total. The van der Waals surface area contributed by atoms with Gasteiger partial charge >= 0.3 is 17.4 Å². The van der Waals surface area contributed by atoms with Crippen molar-refractivity contribution < 1.29 is 46.4 Å². The van der Waals surface area contributed by atoms with Crippen molar-refractivity contribution in [1.29, 1.82) is 0 Å². The molecule has 2 N–H and O–H groups in total. The molecule has 3 atom stereocenters. The van der Waals surface area contributed by atoms with E-state index in [1.807, 2.05) is 60.4 Å². The second-order valence-corrected chi connectivity index (χ2v) is 31.2. The molecule has 10 heterocycles. The number of sulfone groups is 1. The number of amides is 4. The minimum atomic E-state index is -3.63. The highest BCUT2D eigenvalue weighted by atomic mass is 32.2. The van der Waals surface area contributed by atoms with Crippen LogP contribution in [0.15, 0.2) is 107 Å². The lowest BCUT2D eigenvalue weighted by molar-refractivity contribution is -0.392. The number of likely N-dealkylation sites (N-methyl/N-ethyl adjacent to an activating group) is 1. The Morgan fingerprint density at radius 1 is 0.844 bits per heavy atom. The van der Waals surface area contributed by atoms with Crippen molar-refractivity contribution in [3.05, 3.63) is 156 Å². The molecule has 2 aliphatic rings. The van der Waals surface area contributed by atoms with Gasteiger partial charge in [-0.3, -0.25) is 38.4 Å². The predicted molar refractivity (Wildman–Crippen MR) is 411 cm³/mol. The van der Waals surface area contributed by atoms with Gasteiger partial charge in [0.1, 0.15) is 44.2 Å². The van der Waals surface area contributed by atoms with E-state index in [-0.39, 0.29) is 59.5 Å². The molecule has 109 heavy (non-hydrogen) atoms. The van der Waals surface area contributed by atoms with E-state index in [2.05, 4.69) is 94.2 Å². The molecule has 2 aromatic carbocycles. The largest absolute Gasteiger partial charge is 0.493 e. The van der Waals surface area contributed by atoms with Crippen molar-refractivity contribution >= 4 is 108 Å². The summed E-state index contributed by atoms with van der Waals surface area (Å²) >= 11 is 6.21. The molecule has 0 spiro atoms. The van der Waals surface area contributed by atoms with Gasteiger partial charge in [-0.15, -0.1) is 0 Å². The van der Waals surface area contributed by atoms with Crippen molar-refractivity contribution in [1.82, 2.24) is 87.5 Å². The van der Waals surface area contributed by atoms with Gasteiger partial charge in [-0.2, -0.15) is 4.39 Å². The summed E-state index contributed by atoms with van der Waals surface area (Å²) < 4.78 is 57.7. The molecule has 0 unspecified atom stereocenters. The summed E-state index contributed by atoms with van der Waals surface area (Å²) in [6.45, 7) is 35.2. The van der Waals surface area contributed by atoms with E-state index in [4.69, 9.17) is 28.3 Å². The SMILES string of the molecule is CC(C)n1cc(F)c(=O)[nH]c1=O.CC(C)n1cnc2c(=S)nc[nH]c21.CC(C)n1cnc2c(Sc3c([N+](=O)[O-])ncn3C)ncnc21.CCOc1cc([C@@H](CS(C)(=O)=O)N2C(=O)c3cccc(N(C(C)=O)C(C)(C)C)c3C2=O)ccc1OC.[C-]#[N+]CC(=O)N1CC[C@@H](C)[C@@H](N(C)c2ncnc3c2ncn3C(C)C)C1. The second kappa shape index (κ2) is 35.2. The number of anilines is 2. The van der Waals surface area contributed by atoms with E-state index < -0.39 is 61.0 Å². The molecule has 10 aromatic rings. The van der Waals surface area contributed by atoms with Gasteiger partial charge in [0.05, 0.1) is 79.9 Å². The molecule has 4 amide bonds. The zero-order chi connectivity index (χ0) is 80.4. The van der Waals surface area contributed by atoms with Crippen LogP contribution < -0.4 is 30.5 Å². The van der Waals surface area contributed by atoms with Crippen LogP contribution in [0.5, 0.6) is 11.5 Å². The zero-order valence-corrected chi connectivity index (χ0v) is 66.3. The van der Waals surface area contributed by atoms with Gasteiger partial charge in [-0.25, -0.2) is 59.7 Å². The fourth-order valence-electron chi connectivity index (χ4n) is 12.2. The van der Waals surface area contributed by atoms with Gasteiger partial charge in [-0.05, 0) is 147 Å². The monoisotopic (exact) mass is 1560 g/mol. The normalized spacial score (nSPS) is 14.5.